The summed E-state index contributed by atoms with van der Waals surface area (Å²) in [5.74, 6) is 0.853. The van der Waals surface area contributed by atoms with E-state index < -0.39 is 0 Å². The fourth-order valence-electron chi connectivity index (χ4n) is 1.42. The summed E-state index contributed by atoms with van der Waals surface area (Å²) in [7, 11) is 0. The minimum Gasteiger partial charge on any atom is -0.330 e. The average molecular weight is 172 g/mol. The molecule has 0 saturated carbocycles. The lowest BCUT2D eigenvalue weighted by Crippen LogP contribution is -2.03. The summed E-state index contributed by atoms with van der Waals surface area (Å²) >= 11 is 0. The quantitative estimate of drug-likeness (QED) is 0.549. The molecule has 0 aliphatic heterocycles. The molecule has 0 radical (unpaired) electrons. The number of unbranched alkanes of at least 4 members (excludes halogenated alkanes) is 2. The summed E-state index contributed by atoms with van der Waals surface area (Å²) < 4.78 is 0. The van der Waals surface area contributed by atoms with E-state index in [9.17, 15) is 0 Å². The van der Waals surface area contributed by atoms with E-state index >= 15 is 0 Å². The number of nitrogens with two attached hydrogens (primary N) is 2. The van der Waals surface area contributed by atoms with Gasteiger partial charge in [-0.1, -0.05) is 26.2 Å². The molecule has 4 N–H and O–H groups in total. The Morgan fingerprint density at radius 3 is 2.00 bits per heavy atom. The SMILES string of the molecule is CC(CCCN)CCCCCN. The molecule has 2 nitrogen and oxygen atoms in total. The highest BCUT2D eigenvalue weighted by atomic mass is 14.5. The fourth-order valence-corrected chi connectivity index (χ4v) is 1.42. The molecule has 12 heavy (non-hydrogen) atoms. The van der Waals surface area contributed by atoms with Crippen molar-refractivity contribution in [1.29, 1.82) is 0 Å². The van der Waals surface area contributed by atoms with E-state index in [4.69, 9.17) is 11.5 Å². The molecule has 0 aromatic rings. The van der Waals surface area contributed by atoms with Crippen molar-refractivity contribution in [3.8, 4) is 0 Å². The first-order chi connectivity index (χ1) is 5.81. The molecule has 0 spiro atoms. The van der Waals surface area contributed by atoms with Crippen LogP contribution in [0.2, 0.25) is 0 Å². The molecule has 0 rings (SSSR count). The summed E-state index contributed by atoms with van der Waals surface area (Å²) in [6.45, 7) is 4.00. The van der Waals surface area contributed by atoms with Gasteiger partial charge in [-0.2, -0.15) is 0 Å². The van der Waals surface area contributed by atoms with Crippen LogP contribution in [-0.4, -0.2) is 13.1 Å². The molecule has 0 bridgehead atoms. The smallest absolute Gasteiger partial charge is 0.00772 e. The Hall–Kier alpha value is -0.0800. The number of hydrogen-bond acceptors (Lipinski definition) is 2. The molecule has 0 aliphatic rings. The van der Waals surface area contributed by atoms with Gasteiger partial charge >= 0.3 is 0 Å². The van der Waals surface area contributed by atoms with Gasteiger partial charge in [-0.15, -0.1) is 0 Å². The van der Waals surface area contributed by atoms with Crippen LogP contribution in [0.3, 0.4) is 0 Å². The molecular formula is C10H24N2. The van der Waals surface area contributed by atoms with E-state index in [0.29, 0.717) is 0 Å². The molecule has 1 atom stereocenters. The second-order valence-corrected chi connectivity index (χ2v) is 3.67. The minimum atomic E-state index is 0.840. The van der Waals surface area contributed by atoms with Crippen LogP contribution in [0.4, 0.5) is 0 Å². The zero-order valence-corrected chi connectivity index (χ0v) is 8.39. The third-order valence-electron chi connectivity index (χ3n) is 2.30. The lowest BCUT2D eigenvalue weighted by molar-refractivity contribution is 0.451. The van der Waals surface area contributed by atoms with Gasteiger partial charge in [0.2, 0.25) is 0 Å². The number of rotatable bonds is 8. The van der Waals surface area contributed by atoms with Gasteiger partial charge in [0.15, 0.2) is 0 Å². The summed E-state index contributed by atoms with van der Waals surface area (Å²) in [6.07, 6.45) is 7.63. The van der Waals surface area contributed by atoms with Gasteiger partial charge in [-0.05, 0) is 38.3 Å². The van der Waals surface area contributed by atoms with E-state index in [1.807, 2.05) is 0 Å². The summed E-state index contributed by atoms with van der Waals surface area (Å²) in [5.41, 5.74) is 10.8. The predicted molar refractivity (Wildman–Crippen MR) is 55.0 cm³/mol. The van der Waals surface area contributed by atoms with E-state index in [-0.39, 0.29) is 0 Å². The molecule has 0 aliphatic carbocycles. The molecule has 0 heterocycles. The van der Waals surface area contributed by atoms with Crippen molar-refractivity contribution in [3.63, 3.8) is 0 Å². The summed E-state index contributed by atoms with van der Waals surface area (Å²) in [6, 6.07) is 0. The molecule has 2 heteroatoms. The number of hydrogen-bond donors (Lipinski definition) is 2. The van der Waals surface area contributed by atoms with Crippen molar-refractivity contribution in [2.45, 2.75) is 45.4 Å². The van der Waals surface area contributed by atoms with Crippen LogP contribution in [-0.2, 0) is 0 Å². The second-order valence-electron chi connectivity index (χ2n) is 3.67. The Bertz CT molecular complexity index is 83.9. The van der Waals surface area contributed by atoms with Crippen molar-refractivity contribution in [2.75, 3.05) is 13.1 Å². The van der Waals surface area contributed by atoms with Crippen LogP contribution in [0.25, 0.3) is 0 Å². The van der Waals surface area contributed by atoms with Crippen LogP contribution in [0, 0.1) is 5.92 Å². The Kier molecular flexibility index (Phi) is 8.95. The molecule has 74 valence electrons. The minimum absolute atomic E-state index is 0.840. The van der Waals surface area contributed by atoms with Gasteiger partial charge in [-0.25, -0.2) is 0 Å². The standard InChI is InChI=1S/C10H24N2/c1-10(7-5-9-12)6-3-2-4-8-11/h10H,2-9,11-12H2,1H3. The van der Waals surface area contributed by atoms with Crippen molar-refractivity contribution in [3.05, 3.63) is 0 Å². The molecule has 0 aromatic heterocycles. The van der Waals surface area contributed by atoms with Crippen molar-refractivity contribution < 1.29 is 0 Å². The topological polar surface area (TPSA) is 52.0 Å². The van der Waals surface area contributed by atoms with Crippen LogP contribution >= 0.6 is 0 Å². The first-order valence-electron chi connectivity index (χ1n) is 5.21. The van der Waals surface area contributed by atoms with E-state index in [0.717, 1.165) is 19.0 Å². The molecule has 0 fully saturated rings. The predicted octanol–water partition coefficient (Wildman–Crippen LogP) is 1.88. The van der Waals surface area contributed by atoms with Crippen LogP contribution < -0.4 is 11.5 Å². The van der Waals surface area contributed by atoms with Crippen molar-refractivity contribution in [2.24, 2.45) is 17.4 Å². The molecule has 0 aromatic carbocycles. The maximum atomic E-state index is 5.44. The monoisotopic (exact) mass is 172 g/mol. The van der Waals surface area contributed by atoms with Gasteiger partial charge in [0.05, 0.1) is 0 Å². The second kappa shape index (κ2) is 9.01. The van der Waals surface area contributed by atoms with E-state index in [2.05, 4.69) is 6.92 Å². The lowest BCUT2D eigenvalue weighted by atomic mass is 9.98. The Balaban J connectivity index is 3.02. The molecule has 0 saturated heterocycles. The largest absolute Gasteiger partial charge is 0.330 e. The van der Waals surface area contributed by atoms with Gasteiger partial charge in [0.1, 0.15) is 0 Å². The maximum absolute atomic E-state index is 5.44. The van der Waals surface area contributed by atoms with Crippen LogP contribution in [0.1, 0.15) is 45.4 Å². The third kappa shape index (κ3) is 8.02. The highest BCUT2D eigenvalue weighted by molar-refractivity contribution is 4.54. The highest BCUT2D eigenvalue weighted by Crippen LogP contribution is 2.13. The Morgan fingerprint density at radius 1 is 0.833 bits per heavy atom. The summed E-state index contributed by atoms with van der Waals surface area (Å²) in [4.78, 5) is 0. The van der Waals surface area contributed by atoms with Gasteiger partial charge < -0.3 is 11.5 Å². The molecule has 0 amide bonds. The fraction of sp³-hybridized carbons (Fsp3) is 1.00. The normalized spacial score (nSPS) is 13.2. The summed E-state index contributed by atoms with van der Waals surface area (Å²) in [5, 5.41) is 0. The van der Waals surface area contributed by atoms with Crippen molar-refractivity contribution >= 4 is 0 Å². The van der Waals surface area contributed by atoms with Gasteiger partial charge in [0.25, 0.3) is 0 Å². The maximum Gasteiger partial charge on any atom is -0.00772 e. The molecular weight excluding hydrogens is 148 g/mol. The lowest BCUT2D eigenvalue weighted by Gasteiger charge is -2.09. The molecule has 1 unspecified atom stereocenters. The van der Waals surface area contributed by atoms with Gasteiger partial charge in [0, 0.05) is 0 Å². The third-order valence-corrected chi connectivity index (χ3v) is 2.30. The average Bonchev–Trinajstić information content (AvgIpc) is 2.09. The van der Waals surface area contributed by atoms with E-state index in [1.165, 1.54) is 38.5 Å². The van der Waals surface area contributed by atoms with E-state index in [1.54, 1.807) is 0 Å². The zero-order valence-electron chi connectivity index (χ0n) is 8.39. The first-order valence-corrected chi connectivity index (χ1v) is 5.21. The highest BCUT2D eigenvalue weighted by Gasteiger charge is 2.00. The Morgan fingerprint density at radius 2 is 1.42 bits per heavy atom. The first kappa shape index (κ1) is 11.9. The van der Waals surface area contributed by atoms with Crippen molar-refractivity contribution in [1.82, 2.24) is 0 Å². The van der Waals surface area contributed by atoms with Crippen LogP contribution in [0.15, 0.2) is 0 Å². The zero-order chi connectivity index (χ0) is 9.23. The van der Waals surface area contributed by atoms with Crippen LogP contribution in [0.5, 0.6) is 0 Å². The Labute approximate surface area is 76.7 Å². The van der Waals surface area contributed by atoms with Gasteiger partial charge in [-0.3, -0.25) is 0 Å².